The van der Waals surface area contributed by atoms with Crippen LogP contribution in [0, 0.1) is 34.6 Å². The monoisotopic (exact) mass is 476 g/mol. The topological polar surface area (TPSA) is 59.4 Å². The van der Waals surface area contributed by atoms with E-state index >= 15 is 0 Å². The molecule has 0 aliphatic carbocycles. The van der Waals surface area contributed by atoms with Gasteiger partial charge in [0.15, 0.2) is 5.11 Å². The molecule has 2 aromatic heterocycles. The fraction of sp³-hybridized carbons (Fsp3) is 0.370. The first-order valence-corrected chi connectivity index (χ1v) is 12.0. The lowest BCUT2D eigenvalue weighted by atomic mass is 9.96. The van der Waals surface area contributed by atoms with Crippen molar-refractivity contribution in [2.24, 2.45) is 0 Å². The van der Waals surface area contributed by atoms with Crippen molar-refractivity contribution in [2.45, 2.75) is 53.1 Å². The lowest BCUT2D eigenvalue weighted by molar-refractivity contribution is -0.140. The number of ether oxygens (including phenoxy) is 1. The van der Waals surface area contributed by atoms with Crippen LogP contribution in [0.5, 0.6) is 0 Å². The SMILES string of the molecule is COC(=O)CCN1C(=S)N[C@@H](c2ccccn2)[C@@H]1c1cc(C)n(-c2c(C)cc(C)cc2C)c1C. The molecular formula is C27H32N4O2S. The highest BCUT2D eigenvalue weighted by atomic mass is 32.1. The highest BCUT2D eigenvalue weighted by molar-refractivity contribution is 7.80. The average molecular weight is 477 g/mol. The summed E-state index contributed by atoms with van der Waals surface area (Å²) < 4.78 is 7.23. The molecule has 1 fully saturated rings. The molecule has 178 valence electrons. The Morgan fingerprint density at radius 2 is 1.82 bits per heavy atom. The molecule has 1 saturated heterocycles. The van der Waals surface area contributed by atoms with Gasteiger partial charge in [-0.25, -0.2) is 0 Å². The third kappa shape index (κ3) is 4.32. The van der Waals surface area contributed by atoms with E-state index in [1.807, 2.05) is 18.2 Å². The summed E-state index contributed by atoms with van der Waals surface area (Å²) in [6.45, 7) is 11.2. The molecule has 1 N–H and O–H groups in total. The van der Waals surface area contributed by atoms with Crippen molar-refractivity contribution < 1.29 is 9.53 Å². The number of benzene rings is 1. The molecule has 6 nitrogen and oxygen atoms in total. The molecule has 3 aromatic rings. The molecule has 4 rings (SSSR count). The number of aromatic nitrogens is 2. The second-order valence-corrected chi connectivity index (χ2v) is 9.44. The summed E-state index contributed by atoms with van der Waals surface area (Å²) in [7, 11) is 1.41. The van der Waals surface area contributed by atoms with E-state index in [0.717, 1.165) is 17.1 Å². The quantitative estimate of drug-likeness (QED) is 0.401. The van der Waals surface area contributed by atoms with Gasteiger partial charge in [-0.2, -0.15) is 0 Å². The first-order chi connectivity index (χ1) is 16.2. The number of methoxy groups -OCH3 is 1. The van der Waals surface area contributed by atoms with Crippen LogP contribution in [0.25, 0.3) is 5.69 Å². The maximum Gasteiger partial charge on any atom is 0.307 e. The highest BCUT2D eigenvalue weighted by Crippen LogP contribution is 2.42. The molecule has 0 unspecified atom stereocenters. The number of thiocarbonyl (C=S) groups is 1. The number of carbonyl (C=O) groups excluding carboxylic acids is 1. The Morgan fingerprint density at radius 1 is 1.12 bits per heavy atom. The van der Waals surface area contributed by atoms with E-state index < -0.39 is 0 Å². The number of esters is 1. The number of hydrogen-bond donors (Lipinski definition) is 1. The molecule has 7 heteroatoms. The maximum atomic E-state index is 12.0. The second kappa shape index (κ2) is 9.58. The van der Waals surface area contributed by atoms with Crippen molar-refractivity contribution >= 4 is 23.3 Å². The van der Waals surface area contributed by atoms with Crippen molar-refractivity contribution in [3.05, 3.63) is 81.9 Å². The maximum absolute atomic E-state index is 12.0. The minimum atomic E-state index is -0.251. The van der Waals surface area contributed by atoms with Gasteiger partial charge in [-0.15, -0.1) is 0 Å². The van der Waals surface area contributed by atoms with Gasteiger partial charge in [0.2, 0.25) is 0 Å². The van der Waals surface area contributed by atoms with E-state index in [2.05, 4.69) is 72.6 Å². The normalized spacial score (nSPS) is 17.7. The number of rotatable bonds is 6. The predicted molar refractivity (Wildman–Crippen MR) is 138 cm³/mol. The summed E-state index contributed by atoms with van der Waals surface area (Å²) in [6, 6.07) is 12.4. The minimum absolute atomic E-state index is 0.0990. The highest BCUT2D eigenvalue weighted by Gasteiger charge is 2.41. The molecule has 0 amide bonds. The zero-order valence-corrected chi connectivity index (χ0v) is 21.5. The fourth-order valence-corrected chi connectivity index (χ4v) is 5.59. The summed E-state index contributed by atoms with van der Waals surface area (Å²) in [4.78, 5) is 18.7. The third-order valence-electron chi connectivity index (χ3n) is 6.63. The zero-order chi connectivity index (χ0) is 24.6. The number of nitrogens with zero attached hydrogens (tertiary/aromatic N) is 3. The first kappa shape index (κ1) is 24.0. The van der Waals surface area contributed by atoms with Crippen LogP contribution in [-0.4, -0.2) is 39.2 Å². The van der Waals surface area contributed by atoms with E-state index in [1.165, 1.54) is 35.1 Å². The van der Waals surface area contributed by atoms with Crippen molar-refractivity contribution in [2.75, 3.05) is 13.7 Å². The van der Waals surface area contributed by atoms with Crippen LogP contribution >= 0.6 is 12.2 Å². The Kier molecular flexibility index (Phi) is 6.75. The summed E-state index contributed by atoms with van der Waals surface area (Å²) >= 11 is 5.74. The van der Waals surface area contributed by atoms with E-state index in [9.17, 15) is 4.79 Å². The van der Waals surface area contributed by atoms with E-state index in [1.54, 1.807) is 6.20 Å². The average Bonchev–Trinajstić information content (AvgIpc) is 3.28. The zero-order valence-electron chi connectivity index (χ0n) is 20.7. The second-order valence-electron chi connectivity index (χ2n) is 9.06. The minimum Gasteiger partial charge on any atom is -0.469 e. The number of aryl methyl sites for hydroxylation is 4. The van der Waals surface area contributed by atoms with Crippen molar-refractivity contribution in [1.82, 2.24) is 19.8 Å². The Hall–Kier alpha value is -3.19. The first-order valence-electron chi connectivity index (χ1n) is 11.5. The van der Waals surface area contributed by atoms with Crippen LogP contribution in [0.15, 0.2) is 42.6 Å². The summed E-state index contributed by atoms with van der Waals surface area (Å²) in [5, 5.41) is 4.09. The molecule has 2 atom stereocenters. The molecule has 3 heterocycles. The van der Waals surface area contributed by atoms with Crippen molar-refractivity contribution in [3.8, 4) is 5.69 Å². The van der Waals surface area contributed by atoms with Gasteiger partial charge in [-0.1, -0.05) is 23.8 Å². The molecule has 0 saturated carbocycles. The van der Waals surface area contributed by atoms with Gasteiger partial charge >= 0.3 is 5.97 Å². The molecule has 1 aliphatic heterocycles. The number of hydrogen-bond acceptors (Lipinski definition) is 4. The van der Waals surface area contributed by atoms with Crippen LogP contribution in [0.4, 0.5) is 0 Å². The Bertz CT molecular complexity index is 1210. The number of pyridine rings is 1. The number of nitrogens with one attached hydrogen (secondary N) is 1. The lowest BCUT2D eigenvalue weighted by Gasteiger charge is -2.28. The summed E-state index contributed by atoms with van der Waals surface area (Å²) in [6.07, 6.45) is 2.06. The third-order valence-corrected chi connectivity index (χ3v) is 6.98. The van der Waals surface area contributed by atoms with Gasteiger partial charge in [0.25, 0.3) is 0 Å². The molecular weight excluding hydrogens is 444 g/mol. The predicted octanol–water partition coefficient (Wildman–Crippen LogP) is 4.95. The molecule has 34 heavy (non-hydrogen) atoms. The van der Waals surface area contributed by atoms with E-state index in [-0.39, 0.29) is 24.5 Å². The molecule has 0 bridgehead atoms. The van der Waals surface area contributed by atoms with Crippen LogP contribution in [-0.2, 0) is 9.53 Å². The fourth-order valence-electron chi connectivity index (χ4n) is 5.25. The van der Waals surface area contributed by atoms with E-state index in [4.69, 9.17) is 17.0 Å². The lowest BCUT2D eigenvalue weighted by Crippen LogP contribution is -2.32. The smallest absolute Gasteiger partial charge is 0.307 e. The van der Waals surface area contributed by atoms with Crippen LogP contribution in [0.3, 0.4) is 0 Å². The van der Waals surface area contributed by atoms with Crippen molar-refractivity contribution in [3.63, 3.8) is 0 Å². The molecule has 0 spiro atoms. The molecule has 1 aromatic carbocycles. The molecule has 1 aliphatic rings. The summed E-state index contributed by atoms with van der Waals surface area (Å²) in [5.41, 5.74) is 9.38. The van der Waals surface area contributed by atoms with Gasteiger partial charge in [0.05, 0.1) is 37.0 Å². The standard InChI is InChI=1S/C27H32N4O2S/c1-16-13-17(2)25(18(3)14-16)31-19(4)15-21(20(31)5)26-24(22-9-7-8-11-28-22)29-27(34)30(26)12-10-23(32)33-6/h7-9,11,13-15,24,26H,10,12H2,1-6H3,(H,29,34)/t24-,26-/m0/s1. The van der Waals surface area contributed by atoms with Crippen LogP contribution < -0.4 is 5.32 Å². The Balaban J connectivity index is 1.84. The van der Waals surface area contributed by atoms with E-state index in [0.29, 0.717) is 11.7 Å². The largest absolute Gasteiger partial charge is 0.469 e. The van der Waals surface area contributed by atoms with Gasteiger partial charge in [-0.3, -0.25) is 9.78 Å². The Morgan fingerprint density at radius 3 is 2.44 bits per heavy atom. The summed E-state index contributed by atoms with van der Waals surface area (Å²) in [5.74, 6) is -0.251. The number of carbonyl (C=O) groups is 1. The van der Waals surface area contributed by atoms with Crippen LogP contribution in [0.2, 0.25) is 0 Å². The van der Waals surface area contributed by atoms with Gasteiger partial charge in [0.1, 0.15) is 0 Å². The van der Waals surface area contributed by atoms with Gasteiger partial charge < -0.3 is 19.5 Å². The van der Waals surface area contributed by atoms with Crippen molar-refractivity contribution in [1.29, 1.82) is 0 Å². The van der Waals surface area contributed by atoms with Gasteiger partial charge in [-0.05, 0) is 81.7 Å². The van der Waals surface area contributed by atoms with Crippen LogP contribution in [0.1, 0.15) is 57.8 Å². The van der Waals surface area contributed by atoms with Gasteiger partial charge in [0, 0.05) is 24.1 Å². The Labute approximate surface area is 207 Å². The molecule has 0 radical (unpaired) electrons.